The number of aryl methyl sites for hydroxylation is 1. The first-order valence-electron chi connectivity index (χ1n) is 6.32. The van der Waals surface area contributed by atoms with Crippen molar-refractivity contribution in [3.05, 3.63) is 65.2 Å². The number of anilines is 1. The van der Waals surface area contributed by atoms with Gasteiger partial charge in [-0.1, -0.05) is 48.0 Å². The number of hydrogen-bond acceptors (Lipinski definition) is 3. The SMILES string of the molecule is Cc1ccc(CNS(=O)(=O)Cc2ccccc2N)cc1. The molecule has 0 saturated heterocycles. The minimum absolute atomic E-state index is 0.106. The van der Waals surface area contributed by atoms with Crippen LogP contribution in [-0.2, 0) is 22.3 Å². The molecular weight excluding hydrogens is 272 g/mol. The second-order valence-corrected chi connectivity index (χ2v) is 6.57. The topological polar surface area (TPSA) is 72.2 Å². The maximum atomic E-state index is 12.0. The zero-order chi connectivity index (χ0) is 14.6. The van der Waals surface area contributed by atoms with Gasteiger partial charge in [0.25, 0.3) is 0 Å². The predicted octanol–water partition coefficient (Wildman–Crippen LogP) is 2.20. The van der Waals surface area contributed by atoms with Crippen LogP contribution in [0.5, 0.6) is 0 Å². The van der Waals surface area contributed by atoms with Gasteiger partial charge in [0.15, 0.2) is 0 Å². The van der Waals surface area contributed by atoms with Crippen LogP contribution in [0.4, 0.5) is 5.69 Å². The summed E-state index contributed by atoms with van der Waals surface area (Å²) in [6.07, 6.45) is 0. The number of sulfonamides is 1. The summed E-state index contributed by atoms with van der Waals surface area (Å²) in [7, 11) is -3.40. The van der Waals surface area contributed by atoms with Crippen molar-refractivity contribution in [1.82, 2.24) is 4.72 Å². The van der Waals surface area contributed by atoms with E-state index in [-0.39, 0.29) is 12.3 Å². The molecule has 0 aliphatic carbocycles. The van der Waals surface area contributed by atoms with Crippen molar-refractivity contribution >= 4 is 15.7 Å². The standard InChI is InChI=1S/C15H18N2O2S/c1-12-6-8-13(9-7-12)10-17-20(18,19)11-14-4-2-3-5-15(14)16/h2-9,17H,10-11,16H2,1H3. The molecule has 4 nitrogen and oxygen atoms in total. The van der Waals surface area contributed by atoms with Gasteiger partial charge in [0.05, 0.1) is 5.75 Å². The van der Waals surface area contributed by atoms with E-state index in [1.54, 1.807) is 24.3 Å². The number of nitrogens with two attached hydrogens (primary N) is 1. The maximum absolute atomic E-state index is 12.0. The summed E-state index contributed by atoms with van der Waals surface area (Å²) in [6.45, 7) is 2.28. The summed E-state index contributed by atoms with van der Waals surface area (Å²) in [5.74, 6) is -0.106. The summed E-state index contributed by atoms with van der Waals surface area (Å²) < 4.78 is 26.6. The number of benzene rings is 2. The van der Waals surface area contributed by atoms with Gasteiger partial charge in [-0.25, -0.2) is 13.1 Å². The van der Waals surface area contributed by atoms with Crippen molar-refractivity contribution in [2.75, 3.05) is 5.73 Å². The lowest BCUT2D eigenvalue weighted by molar-refractivity contribution is 0.580. The molecule has 2 aromatic carbocycles. The molecule has 2 aromatic rings. The second-order valence-electron chi connectivity index (χ2n) is 4.76. The zero-order valence-electron chi connectivity index (χ0n) is 11.3. The van der Waals surface area contributed by atoms with Gasteiger partial charge < -0.3 is 5.73 Å². The van der Waals surface area contributed by atoms with Gasteiger partial charge in [-0.05, 0) is 24.1 Å². The number of nitrogen functional groups attached to an aromatic ring is 1. The summed E-state index contributed by atoms with van der Waals surface area (Å²) in [6, 6.07) is 14.7. The van der Waals surface area contributed by atoms with E-state index in [2.05, 4.69) is 4.72 Å². The molecule has 0 aliphatic rings. The van der Waals surface area contributed by atoms with E-state index >= 15 is 0 Å². The van der Waals surface area contributed by atoms with Crippen molar-refractivity contribution in [2.45, 2.75) is 19.2 Å². The Labute approximate surface area is 119 Å². The Morgan fingerprint density at radius 1 is 1.05 bits per heavy atom. The first-order valence-corrected chi connectivity index (χ1v) is 7.98. The first-order chi connectivity index (χ1) is 9.46. The third-order valence-electron chi connectivity index (χ3n) is 3.02. The van der Waals surface area contributed by atoms with Crippen molar-refractivity contribution < 1.29 is 8.42 Å². The Bertz CT molecular complexity index is 679. The summed E-state index contributed by atoms with van der Waals surface area (Å²) in [5.41, 5.74) is 8.95. The van der Waals surface area contributed by atoms with E-state index in [9.17, 15) is 8.42 Å². The fourth-order valence-electron chi connectivity index (χ4n) is 1.82. The zero-order valence-corrected chi connectivity index (χ0v) is 12.2. The highest BCUT2D eigenvalue weighted by molar-refractivity contribution is 7.88. The van der Waals surface area contributed by atoms with E-state index in [0.29, 0.717) is 11.3 Å². The number of rotatable bonds is 5. The number of para-hydroxylation sites is 1. The lowest BCUT2D eigenvalue weighted by Crippen LogP contribution is -2.25. The van der Waals surface area contributed by atoms with Crippen molar-refractivity contribution in [3.8, 4) is 0 Å². The Kier molecular flexibility index (Phi) is 4.42. The highest BCUT2D eigenvalue weighted by Crippen LogP contribution is 2.14. The van der Waals surface area contributed by atoms with Gasteiger partial charge in [-0.15, -0.1) is 0 Å². The lowest BCUT2D eigenvalue weighted by Gasteiger charge is -2.09. The van der Waals surface area contributed by atoms with E-state index < -0.39 is 10.0 Å². The Hall–Kier alpha value is -1.85. The van der Waals surface area contributed by atoms with Crippen LogP contribution in [0, 0.1) is 6.92 Å². The van der Waals surface area contributed by atoms with E-state index in [1.165, 1.54) is 0 Å². The Morgan fingerprint density at radius 3 is 2.35 bits per heavy atom. The quantitative estimate of drug-likeness (QED) is 0.829. The smallest absolute Gasteiger partial charge is 0.216 e. The summed E-state index contributed by atoms with van der Waals surface area (Å²) in [5, 5.41) is 0. The average Bonchev–Trinajstić information content (AvgIpc) is 2.41. The molecule has 0 atom stereocenters. The predicted molar refractivity (Wildman–Crippen MR) is 81.5 cm³/mol. The molecule has 0 saturated carbocycles. The third-order valence-corrected chi connectivity index (χ3v) is 4.29. The molecule has 0 fully saturated rings. The van der Waals surface area contributed by atoms with Crippen LogP contribution >= 0.6 is 0 Å². The van der Waals surface area contributed by atoms with Gasteiger partial charge in [-0.3, -0.25) is 0 Å². The molecule has 0 aliphatic heterocycles. The fraction of sp³-hybridized carbons (Fsp3) is 0.200. The summed E-state index contributed by atoms with van der Waals surface area (Å²) in [4.78, 5) is 0. The summed E-state index contributed by atoms with van der Waals surface area (Å²) >= 11 is 0. The first kappa shape index (κ1) is 14.6. The molecule has 0 aromatic heterocycles. The van der Waals surface area contributed by atoms with Crippen LogP contribution in [0.1, 0.15) is 16.7 Å². The van der Waals surface area contributed by atoms with Gasteiger partial charge in [-0.2, -0.15) is 0 Å². The van der Waals surface area contributed by atoms with Gasteiger partial charge in [0, 0.05) is 12.2 Å². The number of hydrogen-bond donors (Lipinski definition) is 2. The van der Waals surface area contributed by atoms with E-state index in [4.69, 9.17) is 5.73 Å². The molecule has 106 valence electrons. The monoisotopic (exact) mass is 290 g/mol. The Balaban J connectivity index is 2.01. The highest BCUT2D eigenvalue weighted by Gasteiger charge is 2.12. The molecule has 0 unspecified atom stereocenters. The van der Waals surface area contributed by atoms with Crippen LogP contribution in [0.2, 0.25) is 0 Å². The minimum Gasteiger partial charge on any atom is -0.398 e. The molecule has 20 heavy (non-hydrogen) atoms. The van der Waals surface area contributed by atoms with Crippen LogP contribution in [0.25, 0.3) is 0 Å². The molecule has 0 amide bonds. The molecule has 0 heterocycles. The van der Waals surface area contributed by atoms with Crippen molar-refractivity contribution in [3.63, 3.8) is 0 Å². The second kappa shape index (κ2) is 6.07. The Morgan fingerprint density at radius 2 is 1.70 bits per heavy atom. The van der Waals surface area contributed by atoms with E-state index in [0.717, 1.165) is 11.1 Å². The highest BCUT2D eigenvalue weighted by atomic mass is 32.2. The third kappa shape index (κ3) is 4.08. The van der Waals surface area contributed by atoms with Gasteiger partial charge >= 0.3 is 0 Å². The fourth-order valence-corrected chi connectivity index (χ4v) is 2.98. The minimum atomic E-state index is -3.40. The average molecular weight is 290 g/mol. The molecule has 0 spiro atoms. The van der Waals surface area contributed by atoms with Crippen molar-refractivity contribution in [2.24, 2.45) is 0 Å². The normalized spacial score (nSPS) is 11.4. The van der Waals surface area contributed by atoms with Gasteiger partial charge in [0.1, 0.15) is 0 Å². The number of nitrogens with one attached hydrogen (secondary N) is 1. The van der Waals surface area contributed by atoms with Crippen LogP contribution in [0.15, 0.2) is 48.5 Å². The molecule has 5 heteroatoms. The van der Waals surface area contributed by atoms with Crippen molar-refractivity contribution in [1.29, 1.82) is 0 Å². The van der Waals surface area contributed by atoms with Crippen LogP contribution < -0.4 is 10.5 Å². The molecule has 2 rings (SSSR count). The van der Waals surface area contributed by atoms with E-state index in [1.807, 2.05) is 31.2 Å². The lowest BCUT2D eigenvalue weighted by atomic mass is 10.2. The van der Waals surface area contributed by atoms with Gasteiger partial charge in [0.2, 0.25) is 10.0 Å². The molecule has 0 radical (unpaired) electrons. The molecule has 0 bridgehead atoms. The molecule has 3 N–H and O–H groups in total. The van der Waals surface area contributed by atoms with Crippen LogP contribution in [-0.4, -0.2) is 8.42 Å². The molecular formula is C15H18N2O2S. The van der Waals surface area contributed by atoms with Crippen LogP contribution in [0.3, 0.4) is 0 Å². The largest absolute Gasteiger partial charge is 0.398 e. The maximum Gasteiger partial charge on any atom is 0.216 e.